The van der Waals surface area contributed by atoms with E-state index >= 15 is 0 Å². The largest absolute Gasteiger partial charge is 0.497 e. The molecule has 3 aromatic rings. The number of rotatable bonds is 5. The van der Waals surface area contributed by atoms with Crippen molar-refractivity contribution in [3.8, 4) is 17.2 Å². The molecule has 7 heteroatoms. The Labute approximate surface area is 184 Å². The standard InChI is InChI=1S/C24H18N2O4S/c1-29-18-11-7-16(8-12-18)15-21-22(27)25-24(31)26(23(21)28)17-9-13-20(14-10-17)30-19-5-3-2-4-6-19/h2-15H,1H3,(H,25,27,31)/b21-15+. The highest BCUT2D eigenvalue weighted by Gasteiger charge is 2.34. The van der Waals surface area contributed by atoms with Crippen LogP contribution >= 0.6 is 12.2 Å². The second kappa shape index (κ2) is 8.81. The fourth-order valence-corrected chi connectivity index (χ4v) is 3.33. The number of anilines is 1. The molecule has 0 unspecified atom stereocenters. The minimum Gasteiger partial charge on any atom is -0.497 e. The van der Waals surface area contributed by atoms with Crippen LogP contribution in [0.1, 0.15) is 5.56 Å². The number of amides is 2. The zero-order valence-electron chi connectivity index (χ0n) is 16.6. The van der Waals surface area contributed by atoms with E-state index in [9.17, 15) is 9.59 Å². The maximum absolute atomic E-state index is 13.1. The van der Waals surface area contributed by atoms with Gasteiger partial charge in [0.05, 0.1) is 12.8 Å². The molecule has 0 aromatic heterocycles. The van der Waals surface area contributed by atoms with Crippen LogP contribution in [0.5, 0.6) is 17.2 Å². The summed E-state index contributed by atoms with van der Waals surface area (Å²) in [6.07, 6.45) is 1.53. The molecule has 1 heterocycles. The van der Waals surface area contributed by atoms with E-state index in [2.05, 4.69) is 5.32 Å². The van der Waals surface area contributed by atoms with Gasteiger partial charge in [-0.3, -0.25) is 19.8 Å². The van der Waals surface area contributed by atoms with Gasteiger partial charge < -0.3 is 9.47 Å². The van der Waals surface area contributed by atoms with Crippen molar-refractivity contribution in [2.45, 2.75) is 0 Å². The van der Waals surface area contributed by atoms with Crippen molar-refractivity contribution in [1.82, 2.24) is 5.32 Å². The number of hydrogen-bond donors (Lipinski definition) is 1. The summed E-state index contributed by atoms with van der Waals surface area (Å²) >= 11 is 5.25. The van der Waals surface area contributed by atoms with E-state index in [4.69, 9.17) is 21.7 Å². The van der Waals surface area contributed by atoms with Gasteiger partial charge in [0.25, 0.3) is 11.8 Å². The third kappa shape index (κ3) is 4.46. The average molecular weight is 430 g/mol. The molecule has 31 heavy (non-hydrogen) atoms. The highest BCUT2D eigenvalue weighted by Crippen LogP contribution is 2.27. The molecule has 1 fully saturated rings. The Bertz CT molecular complexity index is 1160. The average Bonchev–Trinajstić information content (AvgIpc) is 2.79. The van der Waals surface area contributed by atoms with Crippen molar-refractivity contribution >= 4 is 40.9 Å². The minimum absolute atomic E-state index is 0.0108. The van der Waals surface area contributed by atoms with E-state index in [1.54, 1.807) is 55.6 Å². The van der Waals surface area contributed by atoms with Gasteiger partial charge in [-0.25, -0.2) is 0 Å². The summed E-state index contributed by atoms with van der Waals surface area (Å²) in [5, 5.41) is 2.61. The zero-order valence-corrected chi connectivity index (χ0v) is 17.4. The number of thiocarbonyl (C=S) groups is 1. The lowest BCUT2D eigenvalue weighted by atomic mass is 10.1. The van der Waals surface area contributed by atoms with Gasteiger partial charge in [-0.1, -0.05) is 30.3 Å². The molecule has 0 saturated carbocycles. The normalized spacial score (nSPS) is 15.1. The highest BCUT2D eigenvalue weighted by atomic mass is 32.1. The number of ether oxygens (including phenoxy) is 2. The Hall–Kier alpha value is -3.97. The number of carbonyl (C=O) groups is 2. The molecule has 1 aliphatic heterocycles. The van der Waals surface area contributed by atoms with Gasteiger partial charge in [-0.15, -0.1) is 0 Å². The molecule has 0 aliphatic carbocycles. The third-order valence-electron chi connectivity index (χ3n) is 4.60. The van der Waals surface area contributed by atoms with Gasteiger partial charge in [-0.2, -0.15) is 0 Å². The smallest absolute Gasteiger partial charge is 0.270 e. The topological polar surface area (TPSA) is 67.9 Å². The van der Waals surface area contributed by atoms with Gasteiger partial charge in [0.15, 0.2) is 5.11 Å². The van der Waals surface area contributed by atoms with Crippen molar-refractivity contribution < 1.29 is 19.1 Å². The molecule has 1 saturated heterocycles. The summed E-state index contributed by atoms with van der Waals surface area (Å²) < 4.78 is 10.9. The van der Waals surface area contributed by atoms with Crippen LogP contribution in [0.2, 0.25) is 0 Å². The molecule has 0 radical (unpaired) electrons. The Morgan fingerprint density at radius 2 is 1.45 bits per heavy atom. The lowest BCUT2D eigenvalue weighted by Crippen LogP contribution is -2.54. The molecule has 1 aliphatic rings. The van der Waals surface area contributed by atoms with Crippen LogP contribution in [0.3, 0.4) is 0 Å². The van der Waals surface area contributed by atoms with E-state index in [-0.39, 0.29) is 10.7 Å². The molecule has 0 bridgehead atoms. The Morgan fingerprint density at radius 1 is 0.839 bits per heavy atom. The van der Waals surface area contributed by atoms with Crippen molar-refractivity contribution in [2.75, 3.05) is 12.0 Å². The van der Waals surface area contributed by atoms with Gasteiger partial charge >= 0.3 is 0 Å². The lowest BCUT2D eigenvalue weighted by molar-refractivity contribution is -0.122. The number of benzene rings is 3. The minimum atomic E-state index is -0.536. The maximum Gasteiger partial charge on any atom is 0.270 e. The van der Waals surface area contributed by atoms with Crippen LogP contribution < -0.4 is 19.7 Å². The molecule has 0 spiro atoms. The number of hydrogen-bond acceptors (Lipinski definition) is 5. The summed E-state index contributed by atoms with van der Waals surface area (Å²) in [6, 6.07) is 23.3. The van der Waals surface area contributed by atoms with Crippen molar-refractivity contribution in [2.24, 2.45) is 0 Å². The molecule has 154 valence electrons. The molecule has 2 amide bonds. The van der Waals surface area contributed by atoms with Gasteiger partial charge in [-0.05, 0) is 72.4 Å². The lowest BCUT2D eigenvalue weighted by Gasteiger charge is -2.29. The number of nitrogens with zero attached hydrogens (tertiary/aromatic N) is 1. The first-order chi connectivity index (χ1) is 15.0. The molecule has 1 N–H and O–H groups in total. The highest BCUT2D eigenvalue weighted by molar-refractivity contribution is 7.80. The summed E-state index contributed by atoms with van der Waals surface area (Å²) in [5.74, 6) is 0.967. The number of nitrogens with one attached hydrogen (secondary N) is 1. The Morgan fingerprint density at radius 3 is 2.10 bits per heavy atom. The van der Waals surface area contributed by atoms with Gasteiger partial charge in [0, 0.05) is 0 Å². The Balaban J connectivity index is 1.58. The monoisotopic (exact) mass is 430 g/mol. The first-order valence-corrected chi connectivity index (χ1v) is 9.84. The van der Waals surface area contributed by atoms with Crippen LogP contribution in [0.25, 0.3) is 6.08 Å². The fraction of sp³-hybridized carbons (Fsp3) is 0.0417. The van der Waals surface area contributed by atoms with Crippen LogP contribution in [-0.4, -0.2) is 24.0 Å². The molecule has 4 rings (SSSR count). The first-order valence-electron chi connectivity index (χ1n) is 9.43. The van der Waals surface area contributed by atoms with Crippen LogP contribution in [0.15, 0.2) is 84.4 Å². The molecule has 6 nitrogen and oxygen atoms in total. The summed E-state index contributed by atoms with van der Waals surface area (Å²) in [4.78, 5) is 26.8. The second-order valence-corrected chi connectivity index (χ2v) is 7.03. The Kier molecular flexibility index (Phi) is 5.77. The third-order valence-corrected chi connectivity index (χ3v) is 4.89. The van der Waals surface area contributed by atoms with E-state index in [0.717, 1.165) is 0 Å². The van der Waals surface area contributed by atoms with Gasteiger partial charge in [0.2, 0.25) is 0 Å². The quantitative estimate of drug-likeness (QED) is 0.371. The van der Waals surface area contributed by atoms with E-state index < -0.39 is 11.8 Å². The number of methoxy groups -OCH3 is 1. The van der Waals surface area contributed by atoms with Crippen LogP contribution in [0, 0.1) is 0 Å². The van der Waals surface area contributed by atoms with Gasteiger partial charge in [0.1, 0.15) is 22.8 Å². The molecular formula is C24H18N2O4S. The van der Waals surface area contributed by atoms with E-state index in [0.29, 0.717) is 28.5 Å². The first kappa shape index (κ1) is 20.3. The van der Waals surface area contributed by atoms with Crippen LogP contribution in [0.4, 0.5) is 5.69 Å². The molecule has 0 atom stereocenters. The predicted octanol–water partition coefficient (Wildman–Crippen LogP) is 4.32. The SMILES string of the molecule is COc1ccc(/C=C2\C(=O)NC(=S)N(c3ccc(Oc4ccccc4)cc3)C2=O)cc1. The summed E-state index contributed by atoms with van der Waals surface area (Å²) in [5.41, 5.74) is 1.21. The van der Waals surface area contributed by atoms with Crippen molar-refractivity contribution in [1.29, 1.82) is 0 Å². The zero-order chi connectivity index (χ0) is 21.8. The summed E-state index contributed by atoms with van der Waals surface area (Å²) in [7, 11) is 1.57. The predicted molar refractivity (Wildman–Crippen MR) is 122 cm³/mol. The fourth-order valence-electron chi connectivity index (χ4n) is 3.05. The van der Waals surface area contributed by atoms with E-state index in [1.807, 2.05) is 30.3 Å². The molecular weight excluding hydrogens is 412 g/mol. The van der Waals surface area contributed by atoms with Crippen molar-refractivity contribution in [3.63, 3.8) is 0 Å². The van der Waals surface area contributed by atoms with E-state index in [1.165, 1.54) is 11.0 Å². The van der Waals surface area contributed by atoms with Crippen LogP contribution in [-0.2, 0) is 9.59 Å². The molecule has 3 aromatic carbocycles. The summed E-state index contributed by atoms with van der Waals surface area (Å²) in [6.45, 7) is 0. The number of carbonyl (C=O) groups excluding carboxylic acids is 2. The maximum atomic E-state index is 13.1. The number of para-hydroxylation sites is 1. The second-order valence-electron chi connectivity index (χ2n) is 6.64. The van der Waals surface area contributed by atoms with Crippen molar-refractivity contribution in [3.05, 3.63) is 90.0 Å².